The lowest BCUT2D eigenvalue weighted by Crippen LogP contribution is -2.26. The third-order valence-corrected chi connectivity index (χ3v) is 4.14. The molecule has 1 rings (SSSR count). The summed E-state index contributed by atoms with van der Waals surface area (Å²) in [5.74, 6) is 4.73. The largest absolute Gasteiger partial charge is 0.481 e. The molecule has 118 valence electrons. The fourth-order valence-corrected chi connectivity index (χ4v) is 2.80. The molecule has 0 saturated carbocycles. The maximum Gasteiger partial charge on any atom is 0.306 e. The second-order valence-corrected chi connectivity index (χ2v) is 7.36. The maximum atomic E-state index is 12.4. The van der Waals surface area contributed by atoms with Crippen molar-refractivity contribution in [2.45, 2.75) is 66.2 Å². The van der Waals surface area contributed by atoms with Crippen molar-refractivity contribution < 1.29 is 14.7 Å². The Labute approximate surface area is 128 Å². The lowest BCUT2D eigenvalue weighted by atomic mass is 9.79. The Bertz CT molecular complexity index is 434. The quantitative estimate of drug-likeness (QED) is 0.690. The fourth-order valence-electron chi connectivity index (χ4n) is 2.80. The Balaban J connectivity index is 2.59. The molecule has 0 aromatic rings. The lowest BCUT2D eigenvalue weighted by Gasteiger charge is -2.23. The molecule has 0 amide bonds. The Hall–Kier alpha value is -1.30. The summed E-state index contributed by atoms with van der Waals surface area (Å²) < 4.78 is 0. The van der Waals surface area contributed by atoms with Crippen molar-refractivity contribution >= 4 is 11.8 Å². The van der Waals surface area contributed by atoms with E-state index in [1.807, 2.05) is 6.92 Å². The van der Waals surface area contributed by atoms with Gasteiger partial charge in [0.05, 0.1) is 11.8 Å². The smallest absolute Gasteiger partial charge is 0.306 e. The standard InChI is InChI=1S/C18H28O3/c1-5-7-14(17(20)21)12-16(19)15-9-6-8-13(15)10-11-18(2,3)4/h13-15H,5,7-8,10-12H2,1-4H3,(H,20,21). The summed E-state index contributed by atoms with van der Waals surface area (Å²) in [5, 5.41) is 9.18. The molecular formula is C18H28O3. The summed E-state index contributed by atoms with van der Waals surface area (Å²) in [4.78, 5) is 23.6. The average Bonchev–Trinajstić information content (AvgIpc) is 2.83. The van der Waals surface area contributed by atoms with Crippen LogP contribution in [0.1, 0.15) is 66.2 Å². The monoisotopic (exact) mass is 292 g/mol. The minimum Gasteiger partial charge on any atom is -0.481 e. The topological polar surface area (TPSA) is 54.4 Å². The van der Waals surface area contributed by atoms with E-state index in [1.165, 1.54) is 0 Å². The van der Waals surface area contributed by atoms with E-state index in [4.69, 9.17) is 0 Å². The number of Topliss-reactive ketones (excluding diaryl/α,β-unsaturated/α-hetero) is 1. The summed E-state index contributed by atoms with van der Waals surface area (Å²) >= 11 is 0. The zero-order chi connectivity index (χ0) is 16.0. The summed E-state index contributed by atoms with van der Waals surface area (Å²) in [6.07, 6.45) is 4.29. The van der Waals surface area contributed by atoms with Crippen LogP contribution in [0, 0.1) is 35.0 Å². The van der Waals surface area contributed by atoms with Gasteiger partial charge in [-0.05, 0) is 30.6 Å². The number of aliphatic carboxylic acids is 1. The normalized spacial score (nSPS) is 22.5. The molecule has 0 aliphatic heterocycles. The van der Waals surface area contributed by atoms with E-state index >= 15 is 0 Å². The number of ketones is 1. The molecule has 1 N–H and O–H groups in total. The highest BCUT2D eigenvalue weighted by Crippen LogP contribution is 2.32. The molecule has 3 unspecified atom stereocenters. The molecule has 3 heteroatoms. The van der Waals surface area contributed by atoms with Gasteiger partial charge in [0.1, 0.15) is 5.78 Å². The third-order valence-electron chi connectivity index (χ3n) is 4.14. The van der Waals surface area contributed by atoms with Crippen LogP contribution in [-0.2, 0) is 9.59 Å². The van der Waals surface area contributed by atoms with Crippen LogP contribution in [0.15, 0.2) is 0 Å². The highest BCUT2D eigenvalue weighted by Gasteiger charge is 2.32. The number of hydrogen-bond acceptors (Lipinski definition) is 2. The van der Waals surface area contributed by atoms with Gasteiger partial charge in [-0.15, -0.1) is 5.92 Å². The highest BCUT2D eigenvalue weighted by atomic mass is 16.4. The first-order valence-corrected chi connectivity index (χ1v) is 7.98. The van der Waals surface area contributed by atoms with Gasteiger partial charge in [-0.25, -0.2) is 0 Å². The third kappa shape index (κ3) is 5.91. The van der Waals surface area contributed by atoms with E-state index in [0.29, 0.717) is 6.42 Å². The molecule has 0 saturated heterocycles. The van der Waals surface area contributed by atoms with Gasteiger partial charge in [0.2, 0.25) is 0 Å². The van der Waals surface area contributed by atoms with Crippen molar-refractivity contribution in [1.29, 1.82) is 0 Å². The minimum absolute atomic E-state index is 0.0276. The van der Waals surface area contributed by atoms with Crippen LogP contribution in [0.5, 0.6) is 0 Å². The predicted octanol–water partition coefficient (Wildman–Crippen LogP) is 3.91. The summed E-state index contributed by atoms with van der Waals surface area (Å²) in [5.41, 5.74) is 0.252. The summed E-state index contributed by atoms with van der Waals surface area (Å²) in [7, 11) is 0. The van der Waals surface area contributed by atoms with E-state index in [0.717, 1.165) is 25.7 Å². The van der Waals surface area contributed by atoms with Crippen molar-refractivity contribution in [1.82, 2.24) is 0 Å². The molecule has 0 heterocycles. The molecule has 0 bridgehead atoms. The van der Waals surface area contributed by atoms with Crippen molar-refractivity contribution in [2.75, 3.05) is 0 Å². The van der Waals surface area contributed by atoms with Crippen molar-refractivity contribution in [3.05, 3.63) is 0 Å². The zero-order valence-corrected chi connectivity index (χ0v) is 13.7. The van der Waals surface area contributed by atoms with Crippen LogP contribution in [0.4, 0.5) is 0 Å². The van der Waals surface area contributed by atoms with Crippen LogP contribution in [0.25, 0.3) is 0 Å². The van der Waals surface area contributed by atoms with Crippen LogP contribution in [0.2, 0.25) is 0 Å². The Kier molecular flexibility index (Phi) is 6.45. The van der Waals surface area contributed by atoms with Gasteiger partial charge in [0, 0.05) is 12.8 Å². The predicted molar refractivity (Wildman–Crippen MR) is 83.7 cm³/mol. The highest BCUT2D eigenvalue weighted by molar-refractivity contribution is 5.88. The first kappa shape index (κ1) is 17.8. The molecule has 3 nitrogen and oxygen atoms in total. The zero-order valence-electron chi connectivity index (χ0n) is 13.7. The maximum absolute atomic E-state index is 12.4. The summed E-state index contributed by atoms with van der Waals surface area (Å²) in [6.45, 7) is 8.53. The molecule has 0 aromatic heterocycles. The molecule has 3 atom stereocenters. The molecule has 1 aliphatic carbocycles. The van der Waals surface area contributed by atoms with Crippen molar-refractivity contribution in [3.8, 4) is 11.8 Å². The second kappa shape index (κ2) is 7.64. The van der Waals surface area contributed by atoms with Crippen LogP contribution >= 0.6 is 0 Å². The summed E-state index contributed by atoms with van der Waals surface area (Å²) in [6, 6.07) is 0. The lowest BCUT2D eigenvalue weighted by molar-refractivity contribution is -0.144. The molecule has 0 aromatic carbocycles. The van der Waals surface area contributed by atoms with Gasteiger partial charge in [-0.1, -0.05) is 40.0 Å². The van der Waals surface area contributed by atoms with Gasteiger partial charge in [-0.2, -0.15) is 0 Å². The van der Waals surface area contributed by atoms with Crippen LogP contribution < -0.4 is 0 Å². The van der Waals surface area contributed by atoms with Crippen LogP contribution in [-0.4, -0.2) is 16.9 Å². The number of carbonyl (C=O) groups is 2. The van der Waals surface area contributed by atoms with Gasteiger partial charge in [0.15, 0.2) is 0 Å². The average molecular weight is 292 g/mol. The Morgan fingerprint density at radius 3 is 2.52 bits per heavy atom. The van der Waals surface area contributed by atoms with Gasteiger partial charge < -0.3 is 5.11 Å². The SMILES string of the molecule is CCCC(CC(=O)C1C#CCC1CCC(C)(C)C)C(=O)O. The van der Waals surface area contributed by atoms with Crippen molar-refractivity contribution in [2.24, 2.45) is 23.2 Å². The number of carboxylic acid groups (broad SMARTS) is 1. The van der Waals surface area contributed by atoms with E-state index < -0.39 is 11.9 Å². The number of hydrogen-bond donors (Lipinski definition) is 1. The Morgan fingerprint density at radius 1 is 1.33 bits per heavy atom. The molecule has 0 fully saturated rings. The van der Waals surface area contributed by atoms with Gasteiger partial charge in [0.25, 0.3) is 0 Å². The molecule has 0 radical (unpaired) electrons. The molecular weight excluding hydrogens is 264 g/mol. The Morgan fingerprint density at radius 2 is 2.00 bits per heavy atom. The van der Waals surface area contributed by atoms with E-state index in [-0.39, 0.29) is 29.5 Å². The molecule has 21 heavy (non-hydrogen) atoms. The first-order chi connectivity index (χ1) is 9.74. The number of rotatable bonds is 8. The molecule has 1 aliphatic rings. The second-order valence-electron chi connectivity index (χ2n) is 7.36. The number of carbonyl (C=O) groups excluding carboxylic acids is 1. The van der Waals surface area contributed by atoms with Gasteiger partial charge in [-0.3, -0.25) is 9.59 Å². The minimum atomic E-state index is -0.859. The van der Waals surface area contributed by atoms with Crippen LogP contribution in [0.3, 0.4) is 0 Å². The van der Waals surface area contributed by atoms with Gasteiger partial charge >= 0.3 is 5.97 Å². The number of carboxylic acids is 1. The first-order valence-electron chi connectivity index (χ1n) is 7.98. The fraction of sp³-hybridized carbons (Fsp3) is 0.778. The van der Waals surface area contributed by atoms with Crippen molar-refractivity contribution in [3.63, 3.8) is 0 Å². The molecule has 0 spiro atoms. The van der Waals surface area contributed by atoms with E-state index in [9.17, 15) is 14.7 Å². The van der Waals surface area contributed by atoms with E-state index in [1.54, 1.807) is 0 Å². The van der Waals surface area contributed by atoms with E-state index in [2.05, 4.69) is 32.6 Å².